The van der Waals surface area contributed by atoms with Crippen molar-refractivity contribution in [3.05, 3.63) is 231 Å². The molecular formula is C56H38N4. The predicted octanol–water partition coefficient (Wildman–Crippen LogP) is 14.9. The molecule has 0 saturated heterocycles. The van der Waals surface area contributed by atoms with Gasteiger partial charge in [-0.05, 0) is 89.5 Å². The van der Waals surface area contributed by atoms with Crippen LogP contribution in [0.3, 0.4) is 0 Å². The lowest BCUT2D eigenvalue weighted by Gasteiger charge is -2.26. The van der Waals surface area contributed by atoms with Crippen molar-refractivity contribution in [2.45, 2.75) is 0 Å². The highest BCUT2D eigenvalue weighted by atomic mass is 15.1. The Hall–Kier alpha value is -8.08. The first-order chi connectivity index (χ1) is 29.8. The molecule has 0 spiro atoms. The highest BCUT2D eigenvalue weighted by Gasteiger charge is 2.20. The number of para-hydroxylation sites is 4. The van der Waals surface area contributed by atoms with Gasteiger partial charge in [0.15, 0.2) is 0 Å². The van der Waals surface area contributed by atoms with E-state index in [-0.39, 0.29) is 0 Å². The summed E-state index contributed by atoms with van der Waals surface area (Å²) < 4.78 is 2.36. The summed E-state index contributed by atoms with van der Waals surface area (Å²) in [6.45, 7) is 0. The molecule has 9 aromatic carbocycles. The molecule has 11 aromatic rings. The minimum atomic E-state index is 0.844. The van der Waals surface area contributed by atoms with Crippen molar-refractivity contribution in [2.24, 2.45) is 0 Å². The quantitative estimate of drug-likeness (QED) is 0.154. The third-order valence-corrected chi connectivity index (χ3v) is 11.4. The first-order valence-corrected chi connectivity index (χ1v) is 20.3. The molecule has 11 rings (SSSR count). The van der Waals surface area contributed by atoms with E-state index >= 15 is 0 Å². The maximum atomic E-state index is 5.46. The van der Waals surface area contributed by atoms with E-state index < -0.39 is 0 Å². The molecule has 0 amide bonds. The minimum Gasteiger partial charge on any atom is -0.310 e. The second kappa shape index (κ2) is 15.0. The van der Waals surface area contributed by atoms with Crippen molar-refractivity contribution in [1.29, 1.82) is 0 Å². The molecule has 2 heterocycles. The Kier molecular flexibility index (Phi) is 8.79. The van der Waals surface area contributed by atoms with Gasteiger partial charge in [-0.15, -0.1) is 0 Å². The van der Waals surface area contributed by atoms with E-state index in [2.05, 4.69) is 234 Å². The molecule has 0 aliphatic heterocycles. The van der Waals surface area contributed by atoms with Gasteiger partial charge in [0, 0.05) is 50.2 Å². The third-order valence-electron chi connectivity index (χ3n) is 11.4. The predicted molar refractivity (Wildman–Crippen MR) is 250 cm³/mol. The molecule has 0 radical (unpaired) electrons. The lowest BCUT2D eigenvalue weighted by molar-refractivity contribution is 1.18. The second-order valence-electron chi connectivity index (χ2n) is 15.0. The van der Waals surface area contributed by atoms with Crippen LogP contribution in [0.15, 0.2) is 231 Å². The van der Waals surface area contributed by atoms with Gasteiger partial charge in [0.05, 0.1) is 33.5 Å². The zero-order valence-electron chi connectivity index (χ0n) is 32.7. The van der Waals surface area contributed by atoms with Crippen molar-refractivity contribution in [3.8, 4) is 50.5 Å². The third kappa shape index (κ3) is 6.28. The Morgan fingerprint density at radius 1 is 0.333 bits per heavy atom. The fraction of sp³-hybridized carbons (Fsp3) is 0. The van der Waals surface area contributed by atoms with Crippen LogP contribution in [-0.4, -0.2) is 14.5 Å². The van der Waals surface area contributed by atoms with Crippen LogP contribution >= 0.6 is 0 Å². The van der Waals surface area contributed by atoms with Gasteiger partial charge in [-0.25, -0.2) is 9.97 Å². The van der Waals surface area contributed by atoms with E-state index in [0.717, 1.165) is 67.4 Å². The largest absolute Gasteiger partial charge is 0.310 e. The zero-order chi connectivity index (χ0) is 39.8. The first-order valence-electron chi connectivity index (χ1n) is 20.3. The van der Waals surface area contributed by atoms with Crippen LogP contribution in [0.1, 0.15) is 0 Å². The van der Waals surface area contributed by atoms with E-state index in [0.29, 0.717) is 0 Å². The Bertz CT molecular complexity index is 3290. The summed E-state index contributed by atoms with van der Waals surface area (Å²) in [5, 5.41) is 2.42. The average molecular weight is 767 g/mol. The SMILES string of the molecule is c1ccc(-c2cccc(-c3cccc4nc(-c5ccc(N(c6ccccc6)c6ccc7c(c6)c6ccccc6n7-c6ccccc6)cc5)c(-c5ccccc5)nc34)c2)cc1. The fourth-order valence-electron chi connectivity index (χ4n) is 8.55. The van der Waals surface area contributed by atoms with Crippen LogP contribution in [0.4, 0.5) is 17.1 Å². The maximum Gasteiger partial charge on any atom is 0.0973 e. The zero-order valence-corrected chi connectivity index (χ0v) is 32.7. The van der Waals surface area contributed by atoms with Crippen molar-refractivity contribution < 1.29 is 0 Å². The van der Waals surface area contributed by atoms with Crippen LogP contribution in [0.25, 0.3) is 83.3 Å². The summed E-state index contributed by atoms with van der Waals surface area (Å²) in [4.78, 5) is 13.2. The van der Waals surface area contributed by atoms with Crippen LogP contribution in [-0.2, 0) is 0 Å². The molecule has 4 nitrogen and oxygen atoms in total. The Morgan fingerprint density at radius 2 is 0.883 bits per heavy atom. The summed E-state index contributed by atoms with van der Waals surface area (Å²) in [7, 11) is 0. The molecule has 0 aliphatic carbocycles. The molecule has 4 heteroatoms. The average Bonchev–Trinajstić information content (AvgIpc) is 3.66. The summed E-state index contributed by atoms with van der Waals surface area (Å²) in [6, 6.07) is 81.4. The Labute approximate surface area is 348 Å². The number of benzene rings is 9. The molecule has 0 fully saturated rings. The van der Waals surface area contributed by atoms with Crippen molar-refractivity contribution in [2.75, 3.05) is 4.90 Å². The van der Waals surface area contributed by atoms with Crippen LogP contribution in [0.2, 0.25) is 0 Å². The minimum absolute atomic E-state index is 0.844. The molecule has 0 aliphatic rings. The van der Waals surface area contributed by atoms with Crippen molar-refractivity contribution >= 4 is 49.9 Å². The van der Waals surface area contributed by atoms with E-state index in [9.17, 15) is 0 Å². The molecule has 2 aromatic heterocycles. The van der Waals surface area contributed by atoms with E-state index in [4.69, 9.17) is 9.97 Å². The number of anilines is 3. The topological polar surface area (TPSA) is 34.0 Å². The van der Waals surface area contributed by atoms with Crippen LogP contribution < -0.4 is 4.90 Å². The van der Waals surface area contributed by atoms with Gasteiger partial charge in [-0.2, -0.15) is 0 Å². The second-order valence-corrected chi connectivity index (χ2v) is 15.0. The number of rotatable bonds is 8. The number of fused-ring (bicyclic) bond motifs is 4. The Morgan fingerprint density at radius 3 is 1.65 bits per heavy atom. The maximum absolute atomic E-state index is 5.46. The van der Waals surface area contributed by atoms with E-state index in [1.807, 2.05) is 6.07 Å². The van der Waals surface area contributed by atoms with Crippen LogP contribution in [0.5, 0.6) is 0 Å². The van der Waals surface area contributed by atoms with E-state index in [1.165, 1.54) is 32.9 Å². The molecular weight excluding hydrogens is 729 g/mol. The number of hydrogen-bond acceptors (Lipinski definition) is 3. The van der Waals surface area contributed by atoms with Gasteiger partial charge in [-0.3, -0.25) is 0 Å². The fourth-order valence-corrected chi connectivity index (χ4v) is 8.55. The molecule has 60 heavy (non-hydrogen) atoms. The summed E-state index contributed by atoms with van der Waals surface area (Å²) >= 11 is 0. The Balaban J connectivity index is 1.03. The summed E-state index contributed by atoms with van der Waals surface area (Å²) in [6.07, 6.45) is 0. The first kappa shape index (κ1) is 35.1. The van der Waals surface area contributed by atoms with Crippen molar-refractivity contribution in [3.63, 3.8) is 0 Å². The summed E-state index contributed by atoms with van der Waals surface area (Å²) in [5.41, 5.74) is 16.7. The van der Waals surface area contributed by atoms with Gasteiger partial charge < -0.3 is 9.47 Å². The van der Waals surface area contributed by atoms with Gasteiger partial charge in [0.1, 0.15) is 0 Å². The van der Waals surface area contributed by atoms with E-state index in [1.54, 1.807) is 0 Å². The normalized spacial score (nSPS) is 11.3. The number of nitrogens with zero attached hydrogens (tertiary/aromatic N) is 4. The van der Waals surface area contributed by atoms with Gasteiger partial charge >= 0.3 is 0 Å². The highest BCUT2D eigenvalue weighted by molar-refractivity contribution is 6.10. The van der Waals surface area contributed by atoms with Crippen LogP contribution in [0, 0.1) is 0 Å². The molecule has 0 N–H and O–H groups in total. The molecule has 0 bridgehead atoms. The number of hydrogen-bond donors (Lipinski definition) is 0. The highest BCUT2D eigenvalue weighted by Crippen LogP contribution is 2.41. The van der Waals surface area contributed by atoms with Gasteiger partial charge in [-0.1, -0.05) is 158 Å². The monoisotopic (exact) mass is 766 g/mol. The summed E-state index contributed by atoms with van der Waals surface area (Å²) in [5.74, 6) is 0. The smallest absolute Gasteiger partial charge is 0.0973 e. The number of aromatic nitrogens is 3. The molecule has 0 atom stereocenters. The molecule has 0 unspecified atom stereocenters. The molecule has 282 valence electrons. The lowest BCUT2D eigenvalue weighted by Crippen LogP contribution is -2.09. The van der Waals surface area contributed by atoms with Crippen molar-refractivity contribution in [1.82, 2.24) is 14.5 Å². The van der Waals surface area contributed by atoms with Gasteiger partial charge in [0.25, 0.3) is 0 Å². The standard InChI is InChI=1S/C56H38N4/c1-5-17-39(18-6-1)42-21-15-22-43(37-42)48-28-16-29-51-56(48)58-55(40-19-7-2-8-20-40)54(57-51)41-31-33-46(34-32-41)59(44-23-9-3-10-24-44)47-35-36-53-50(38-47)49-27-13-14-30-52(49)60(53)45-25-11-4-12-26-45/h1-38H. The lowest BCUT2D eigenvalue weighted by atomic mass is 9.97. The van der Waals surface area contributed by atoms with Gasteiger partial charge in [0.2, 0.25) is 0 Å². The molecule has 0 saturated carbocycles.